The van der Waals surface area contributed by atoms with E-state index >= 15 is 0 Å². The van der Waals surface area contributed by atoms with E-state index in [9.17, 15) is 4.79 Å². The van der Waals surface area contributed by atoms with Crippen molar-refractivity contribution >= 4 is 11.6 Å². The summed E-state index contributed by atoms with van der Waals surface area (Å²) in [5, 5.41) is 7.64. The van der Waals surface area contributed by atoms with Crippen LogP contribution in [0, 0.1) is 0 Å². The molecule has 2 aromatic carbocycles. The SMILES string of the molecule is COCc1c(C(=O)NCCc2ccc(OC)c(OC)c2)cnc2cc(-c3ccccc3)nn12. The third-order valence-electron chi connectivity index (χ3n) is 5.33. The molecule has 0 atom stereocenters. The molecule has 33 heavy (non-hydrogen) atoms. The second-order valence-electron chi connectivity index (χ2n) is 7.41. The highest BCUT2D eigenvalue weighted by Crippen LogP contribution is 2.27. The van der Waals surface area contributed by atoms with Gasteiger partial charge in [0.15, 0.2) is 17.1 Å². The van der Waals surface area contributed by atoms with Crippen LogP contribution >= 0.6 is 0 Å². The van der Waals surface area contributed by atoms with Crippen LogP contribution in [0.4, 0.5) is 0 Å². The predicted octanol–water partition coefficient (Wildman–Crippen LogP) is 3.53. The molecule has 0 aliphatic carbocycles. The van der Waals surface area contributed by atoms with E-state index in [1.54, 1.807) is 32.0 Å². The minimum absolute atomic E-state index is 0.228. The first-order chi connectivity index (χ1) is 16.1. The van der Waals surface area contributed by atoms with Crippen molar-refractivity contribution in [3.63, 3.8) is 0 Å². The largest absolute Gasteiger partial charge is 0.493 e. The molecule has 1 amide bonds. The summed E-state index contributed by atoms with van der Waals surface area (Å²) in [6.45, 7) is 0.681. The topological polar surface area (TPSA) is 87.0 Å². The highest BCUT2D eigenvalue weighted by atomic mass is 16.5. The number of fused-ring (bicyclic) bond motifs is 1. The minimum Gasteiger partial charge on any atom is -0.493 e. The van der Waals surface area contributed by atoms with Gasteiger partial charge < -0.3 is 19.5 Å². The van der Waals surface area contributed by atoms with Crippen LogP contribution in [0.1, 0.15) is 21.6 Å². The number of carbonyl (C=O) groups excluding carboxylic acids is 1. The fourth-order valence-electron chi connectivity index (χ4n) is 3.65. The van der Waals surface area contributed by atoms with E-state index in [4.69, 9.17) is 14.2 Å². The van der Waals surface area contributed by atoms with Crippen molar-refractivity contribution in [1.82, 2.24) is 19.9 Å². The van der Waals surface area contributed by atoms with Gasteiger partial charge in [0.25, 0.3) is 5.91 Å². The third kappa shape index (κ3) is 4.80. The second-order valence-corrected chi connectivity index (χ2v) is 7.41. The van der Waals surface area contributed by atoms with Crippen molar-refractivity contribution in [3.8, 4) is 22.8 Å². The molecule has 2 heterocycles. The van der Waals surface area contributed by atoms with Crippen molar-refractivity contribution < 1.29 is 19.0 Å². The fraction of sp³-hybridized carbons (Fsp3) is 0.240. The molecule has 4 aromatic rings. The summed E-state index contributed by atoms with van der Waals surface area (Å²) in [6.07, 6.45) is 2.22. The number of nitrogens with zero attached hydrogens (tertiary/aromatic N) is 3. The average Bonchev–Trinajstić information content (AvgIpc) is 3.29. The monoisotopic (exact) mass is 446 g/mol. The summed E-state index contributed by atoms with van der Waals surface area (Å²) >= 11 is 0. The lowest BCUT2D eigenvalue weighted by Gasteiger charge is -2.12. The number of amides is 1. The third-order valence-corrected chi connectivity index (χ3v) is 5.33. The number of benzene rings is 2. The molecule has 0 aliphatic heterocycles. The van der Waals surface area contributed by atoms with Crippen LogP contribution in [0.3, 0.4) is 0 Å². The highest BCUT2D eigenvalue weighted by Gasteiger charge is 2.18. The number of carbonyl (C=O) groups is 1. The van der Waals surface area contributed by atoms with Crippen molar-refractivity contribution in [1.29, 1.82) is 0 Å². The fourth-order valence-corrected chi connectivity index (χ4v) is 3.65. The Labute approximate surface area is 192 Å². The molecule has 8 heteroatoms. The van der Waals surface area contributed by atoms with Crippen molar-refractivity contribution in [2.75, 3.05) is 27.9 Å². The van der Waals surface area contributed by atoms with Gasteiger partial charge in [0.2, 0.25) is 0 Å². The Balaban J connectivity index is 1.53. The maximum Gasteiger partial charge on any atom is 0.254 e. The van der Waals surface area contributed by atoms with E-state index in [-0.39, 0.29) is 12.5 Å². The van der Waals surface area contributed by atoms with Crippen LogP contribution < -0.4 is 14.8 Å². The number of ether oxygens (including phenoxy) is 3. The lowest BCUT2D eigenvalue weighted by atomic mass is 10.1. The van der Waals surface area contributed by atoms with Crippen molar-refractivity contribution in [2.24, 2.45) is 0 Å². The molecule has 4 rings (SSSR count). The smallest absolute Gasteiger partial charge is 0.254 e. The molecule has 1 N–H and O–H groups in total. The summed E-state index contributed by atoms with van der Waals surface area (Å²) < 4.78 is 17.7. The quantitative estimate of drug-likeness (QED) is 0.423. The zero-order chi connectivity index (χ0) is 23.2. The Bertz CT molecular complexity index is 1250. The molecular formula is C25H26N4O4. The molecule has 170 valence electrons. The molecule has 0 radical (unpaired) electrons. The number of methoxy groups -OCH3 is 3. The number of hydrogen-bond donors (Lipinski definition) is 1. The van der Waals surface area contributed by atoms with Gasteiger partial charge in [-0.15, -0.1) is 0 Å². The average molecular weight is 447 g/mol. The van der Waals surface area contributed by atoms with E-state index < -0.39 is 0 Å². The first-order valence-corrected chi connectivity index (χ1v) is 10.6. The number of nitrogens with one attached hydrogen (secondary N) is 1. The summed E-state index contributed by atoms with van der Waals surface area (Å²) in [5.41, 5.74) is 4.52. The lowest BCUT2D eigenvalue weighted by molar-refractivity contribution is 0.0947. The van der Waals surface area contributed by atoms with Gasteiger partial charge in [0, 0.05) is 31.5 Å². The molecule has 8 nitrogen and oxygen atoms in total. The number of rotatable bonds is 9. The number of hydrogen-bond acceptors (Lipinski definition) is 6. The van der Waals surface area contributed by atoms with Gasteiger partial charge in [-0.1, -0.05) is 36.4 Å². The van der Waals surface area contributed by atoms with E-state index in [0.717, 1.165) is 16.8 Å². The zero-order valence-corrected chi connectivity index (χ0v) is 18.9. The summed E-state index contributed by atoms with van der Waals surface area (Å²) in [6, 6.07) is 17.5. The van der Waals surface area contributed by atoms with Crippen LogP contribution in [-0.2, 0) is 17.8 Å². The van der Waals surface area contributed by atoms with Crippen LogP contribution in [0.25, 0.3) is 16.9 Å². The number of aromatic nitrogens is 3. The van der Waals surface area contributed by atoms with E-state index in [1.165, 1.54) is 0 Å². The van der Waals surface area contributed by atoms with Crippen molar-refractivity contribution in [2.45, 2.75) is 13.0 Å². The second kappa shape index (κ2) is 10.1. The molecule has 0 saturated heterocycles. The lowest BCUT2D eigenvalue weighted by Crippen LogP contribution is -2.28. The molecular weight excluding hydrogens is 420 g/mol. The van der Waals surface area contributed by atoms with E-state index in [1.807, 2.05) is 54.6 Å². The molecule has 0 saturated carbocycles. The van der Waals surface area contributed by atoms with Gasteiger partial charge in [-0.2, -0.15) is 5.10 Å². The Morgan fingerprint density at radius 2 is 1.79 bits per heavy atom. The van der Waals surface area contributed by atoms with Crippen LogP contribution in [0.2, 0.25) is 0 Å². The maximum atomic E-state index is 13.0. The standard InChI is InChI=1S/C25H26N4O4/c1-31-16-21-19(15-27-24-14-20(28-29(21)24)18-7-5-4-6-8-18)25(30)26-12-11-17-9-10-22(32-2)23(13-17)33-3/h4-10,13-15H,11-12,16H2,1-3H3,(H,26,30). The Hall–Kier alpha value is -3.91. The molecule has 0 bridgehead atoms. The predicted molar refractivity (Wildman–Crippen MR) is 125 cm³/mol. The van der Waals surface area contributed by atoms with Crippen LogP contribution in [0.5, 0.6) is 11.5 Å². The van der Waals surface area contributed by atoms with Gasteiger partial charge in [0.1, 0.15) is 0 Å². The first kappa shape index (κ1) is 22.3. The minimum atomic E-state index is -0.228. The summed E-state index contributed by atoms with van der Waals surface area (Å²) in [5.74, 6) is 1.10. The molecule has 0 fully saturated rings. The van der Waals surface area contributed by atoms with Gasteiger partial charge >= 0.3 is 0 Å². The molecule has 0 aliphatic rings. The first-order valence-electron chi connectivity index (χ1n) is 10.6. The Kier molecular flexibility index (Phi) is 6.85. The summed E-state index contributed by atoms with van der Waals surface area (Å²) in [4.78, 5) is 17.4. The Morgan fingerprint density at radius 1 is 1.00 bits per heavy atom. The van der Waals surface area contributed by atoms with Gasteiger partial charge in [0.05, 0.1) is 37.8 Å². The van der Waals surface area contributed by atoms with Gasteiger partial charge in [-0.25, -0.2) is 9.50 Å². The van der Waals surface area contributed by atoms with E-state index in [0.29, 0.717) is 41.4 Å². The van der Waals surface area contributed by atoms with Gasteiger partial charge in [-0.3, -0.25) is 4.79 Å². The maximum absolute atomic E-state index is 13.0. The van der Waals surface area contributed by atoms with E-state index in [2.05, 4.69) is 15.4 Å². The van der Waals surface area contributed by atoms with Crippen molar-refractivity contribution in [3.05, 3.63) is 77.6 Å². The normalized spacial score (nSPS) is 10.9. The molecule has 0 spiro atoms. The highest BCUT2D eigenvalue weighted by molar-refractivity contribution is 5.95. The van der Waals surface area contributed by atoms with Crippen LogP contribution in [0.15, 0.2) is 60.8 Å². The van der Waals surface area contributed by atoms with Gasteiger partial charge in [-0.05, 0) is 24.1 Å². The molecule has 0 unspecified atom stereocenters. The Morgan fingerprint density at radius 3 is 2.52 bits per heavy atom. The zero-order valence-electron chi connectivity index (χ0n) is 18.9. The molecule has 2 aromatic heterocycles. The summed E-state index contributed by atoms with van der Waals surface area (Å²) in [7, 11) is 4.79. The van der Waals surface area contributed by atoms with Crippen LogP contribution in [-0.4, -0.2) is 48.4 Å².